The number of ether oxygens (including phenoxy) is 1. The minimum Gasteiger partial charge on any atom is -0.449 e. The lowest BCUT2D eigenvalue weighted by Gasteiger charge is -2.22. The van der Waals surface area contributed by atoms with Crippen LogP contribution in [-0.2, 0) is 11.2 Å². The summed E-state index contributed by atoms with van der Waals surface area (Å²) in [7, 11) is 0. The number of benzene rings is 1. The summed E-state index contributed by atoms with van der Waals surface area (Å²) in [6, 6.07) is 7.79. The molecule has 1 aliphatic rings. The predicted molar refractivity (Wildman–Crippen MR) is 57.4 cm³/mol. The number of carbonyl (C=O) groups excluding carboxylic acids is 1. The average molecular weight is 206 g/mol. The van der Waals surface area contributed by atoms with Gasteiger partial charge in [-0.15, -0.1) is 0 Å². The molecule has 0 radical (unpaired) electrons. The number of cyclic esters (lactones) is 1. The van der Waals surface area contributed by atoms with Crippen LogP contribution in [0.3, 0.4) is 0 Å². The van der Waals surface area contributed by atoms with E-state index in [0.717, 1.165) is 12.1 Å². The Balaban J connectivity index is 1.94. The van der Waals surface area contributed by atoms with Crippen molar-refractivity contribution in [2.75, 3.05) is 18.9 Å². The highest BCUT2D eigenvalue weighted by Crippen LogP contribution is 2.14. The molecule has 1 atom stereocenters. The summed E-state index contributed by atoms with van der Waals surface area (Å²) < 4.78 is 4.91. The van der Waals surface area contributed by atoms with Crippen LogP contribution in [0.25, 0.3) is 0 Å². The Morgan fingerprint density at radius 3 is 3.07 bits per heavy atom. The molecule has 1 amide bonds. The molecule has 1 heterocycles. The van der Waals surface area contributed by atoms with Crippen molar-refractivity contribution in [2.24, 2.45) is 5.92 Å². The van der Waals surface area contributed by atoms with E-state index >= 15 is 0 Å². The van der Waals surface area contributed by atoms with Gasteiger partial charge in [-0.2, -0.15) is 0 Å². The van der Waals surface area contributed by atoms with Gasteiger partial charge in [0.05, 0.1) is 6.61 Å². The summed E-state index contributed by atoms with van der Waals surface area (Å²) in [5.74, 6) is 0.337. The van der Waals surface area contributed by atoms with Gasteiger partial charge in [0.15, 0.2) is 0 Å². The Kier molecular flexibility index (Phi) is 2.76. The molecule has 0 spiro atoms. The lowest BCUT2D eigenvalue weighted by molar-refractivity contribution is 0.103. The highest BCUT2D eigenvalue weighted by atomic mass is 16.6. The highest BCUT2D eigenvalue weighted by molar-refractivity contribution is 5.67. The Morgan fingerprint density at radius 1 is 1.53 bits per heavy atom. The Bertz CT molecular complexity index is 355. The van der Waals surface area contributed by atoms with Crippen molar-refractivity contribution in [3.8, 4) is 0 Å². The van der Waals surface area contributed by atoms with Crippen molar-refractivity contribution in [3.05, 3.63) is 29.8 Å². The molecule has 2 rings (SSSR count). The van der Waals surface area contributed by atoms with Crippen molar-refractivity contribution in [2.45, 2.75) is 6.42 Å². The molecule has 1 aromatic carbocycles. The standard InChI is InChI=1S/C11H14N2O2/c12-10-3-1-2-8(5-10)4-9-6-13-11(14)15-7-9/h1-3,5,9H,4,6-7,12H2,(H,13,14)/t9-/m0/s1. The summed E-state index contributed by atoms with van der Waals surface area (Å²) in [5.41, 5.74) is 7.64. The summed E-state index contributed by atoms with van der Waals surface area (Å²) in [6.45, 7) is 1.16. The number of nitrogens with two attached hydrogens (primary N) is 1. The molecule has 15 heavy (non-hydrogen) atoms. The summed E-state index contributed by atoms with van der Waals surface area (Å²) in [5, 5.41) is 2.67. The highest BCUT2D eigenvalue weighted by Gasteiger charge is 2.18. The fraction of sp³-hybridized carbons (Fsp3) is 0.364. The van der Waals surface area contributed by atoms with Crippen LogP contribution in [0.2, 0.25) is 0 Å². The number of amides is 1. The van der Waals surface area contributed by atoms with Gasteiger partial charge in [0.25, 0.3) is 0 Å². The molecule has 1 saturated heterocycles. The lowest BCUT2D eigenvalue weighted by Crippen LogP contribution is -2.39. The average Bonchev–Trinajstić information content (AvgIpc) is 2.22. The van der Waals surface area contributed by atoms with E-state index in [1.807, 2.05) is 24.3 Å². The molecule has 1 fully saturated rings. The molecule has 4 nitrogen and oxygen atoms in total. The predicted octanol–water partition coefficient (Wildman–Crippen LogP) is 1.17. The smallest absolute Gasteiger partial charge is 0.407 e. The minimum atomic E-state index is -0.321. The van der Waals surface area contributed by atoms with Crippen LogP contribution >= 0.6 is 0 Å². The molecule has 1 aromatic rings. The zero-order chi connectivity index (χ0) is 10.7. The number of alkyl carbamates (subject to hydrolysis) is 1. The second-order valence-corrected chi connectivity index (χ2v) is 3.79. The topological polar surface area (TPSA) is 64.3 Å². The third-order valence-corrected chi connectivity index (χ3v) is 2.46. The number of hydrogen-bond acceptors (Lipinski definition) is 3. The lowest BCUT2D eigenvalue weighted by atomic mass is 9.99. The molecule has 1 aliphatic heterocycles. The first kappa shape index (κ1) is 9.83. The van der Waals surface area contributed by atoms with Gasteiger partial charge in [-0.3, -0.25) is 0 Å². The van der Waals surface area contributed by atoms with Crippen LogP contribution in [-0.4, -0.2) is 19.2 Å². The van der Waals surface area contributed by atoms with Crippen LogP contribution in [0, 0.1) is 5.92 Å². The molecule has 3 N–H and O–H groups in total. The van der Waals surface area contributed by atoms with E-state index in [9.17, 15) is 4.79 Å². The first-order valence-electron chi connectivity index (χ1n) is 4.99. The molecule has 0 aliphatic carbocycles. The fourth-order valence-corrected chi connectivity index (χ4v) is 1.72. The first-order valence-corrected chi connectivity index (χ1v) is 4.99. The Labute approximate surface area is 88.4 Å². The summed E-state index contributed by atoms with van der Waals surface area (Å²) in [4.78, 5) is 10.8. The first-order chi connectivity index (χ1) is 7.24. The Hall–Kier alpha value is -1.71. The van der Waals surface area contributed by atoms with Crippen molar-refractivity contribution in [1.29, 1.82) is 0 Å². The Morgan fingerprint density at radius 2 is 2.40 bits per heavy atom. The third kappa shape index (κ3) is 2.62. The molecular weight excluding hydrogens is 192 g/mol. The number of nitrogens with one attached hydrogen (secondary N) is 1. The SMILES string of the molecule is Nc1cccc(C[C@H]2CNC(=O)OC2)c1. The van der Waals surface area contributed by atoms with Gasteiger partial charge in [-0.05, 0) is 24.1 Å². The van der Waals surface area contributed by atoms with E-state index in [2.05, 4.69) is 5.32 Å². The minimum absolute atomic E-state index is 0.321. The van der Waals surface area contributed by atoms with E-state index in [-0.39, 0.29) is 6.09 Å². The molecule has 0 saturated carbocycles. The quantitative estimate of drug-likeness (QED) is 0.714. The fourth-order valence-electron chi connectivity index (χ4n) is 1.72. The van der Waals surface area contributed by atoms with E-state index in [4.69, 9.17) is 10.5 Å². The molecule has 4 heteroatoms. The van der Waals surface area contributed by atoms with Crippen LogP contribution in [0.1, 0.15) is 5.56 Å². The number of carbonyl (C=O) groups is 1. The summed E-state index contributed by atoms with van der Waals surface area (Å²) in [6.07, 6.45) is 0.560. The third-order valence-electron chi connectivity index (χ3n) is 2.46. The van der Waals surface area contributed by atoms with Crippen LogP contribution < -0.4 is 11.1 Å². The van der Waals surface area contributed by atoms with Crippen molar-refractivity contribution >= 4 is 11.8 Å². The number of hydrogen-bond donors (Lipinski definition) is 2. The van der Waals surface area contributed by atoms with Crippen molar-refractivity contribution in [3.63, 3.8) is 0 Å². The maximum absolute atomic E-state index is 10.8. The van der Waals surface area contributed by atoms with Crippen molar-refractivity contribution < 1.29 is 9.53 Å². The van der Waals surface area contributed by atoms with Gasteiger partial charge < -0.3 is 15.8 Å². The van der Waals surface area contributed by atoms with E-state index in [0.29, 0.717) is 19.1 Å². The van der Waals surface area contributed by atoms with Gasteiger partial charge >= 0.3 is 6.09 Å². The maximum Gasteiger partial charge on any atom is 0.407 e. The molecule has 0 aromatic heterocycles. The largest absolute Gasteiger partial charge is 0.449 e. The van der Waals surface area contributed by atoms with Crippen LogP contribution in [0.15, 0.2) is 24.3 Å². The van der Waals surface area contributed by atoms with Gasteiger partial charge in [-0.25, -0.2) is 4.79 Å². The van der Waals surface area contributed by atoms with Gasteiger partial charge in [0, 0.05) is 18.2 Å². The number of anilines is 1. The molecule has 0 unspecified atom stereocenters. The van der Waals surface area contributed by atoms with Gasteiger partial charge in [-0.1, -0.05) is 12.1 Å². The normalized spacial score (nSPS) is 20.5. The zero-order valence-corrected chi connectivity index (χ0v) is 8.40. The second-order valence-electron chi connectivity index (χ2n) is 3.79. The van der Waals surface area contributed by atoms with Crippen molar-refractivity contribution in [1.82, 2.24) is 5.32 Å². The molecule has 80 valence electrons. The van der Waals surface area contributed by atoms with Gasteiger partial charge in [0.1, 0.15) is 0 Å². The maximum atomic E-state index is 10.8. The summed E-state index contributed by atoms with van der Waals surface area (Å²) >= 11 is 0. The van der Waals surface area contributed by atoms with E-state index in [1.54, 1.807) is 0 Å². The molecular formula is C11H14N2O2. The van der Waals surface area contributed by atoms with E-state index < -0.39 is 0 Å². The number of nitrogen functional groups attached to an aromatic ring is 1. The monoisotopic (exact) mass is 206 g/mol. The second kappa shape index (κ2) is 4.21. The molecule has 0 bridgehead atoms. The van der Waals surface area contributed by atoms with E-state index in [1.165, 1.54) is 5.56 Å². The van der Waals surface area contributed by atoms with Crippen LogP contribution in [0.4, 0.5) is 10.5 Å². The zero-order valence-electron chi connectivity index (χ0n) is 8.40. The van der Waals surface area contributed by atoms with Gasteiger partial charge in [0.2, 0.25) is 0 Å². The number of rotatable bonds is 2. The van der Waals surface area contributed by atoms with Crippen LogP contribution in [0.5, 0.6) is 0 Å².